The maximum atomic E-state index is 13.7. The number of hydrogen-bond acceptors (Lipinski definition) is 2. The molecule has 2 aromatic rings. The summed E-state index contributed by atoms with van der Waals surface area (Å²) in [6, 6.07) is 2.32. The van der Waals surface area contributed by atoms with Crippen molar-refractivity contribution in [3.63, 3.8) is 0 Å². The molecule has 0 bridgehead atoms. The van der Waals surface area contributed by atoms with E-state index in [1.165, 1.54) is 13.0 Å². The van der Waals surface area contributed by atoms with Crippen molar-refractivity contribution in [2.45, 2.75) is 26.8 Å². The van der Waals surface area contributed by atoms with Gasteiger partial charge in [0.25, 0.3) is 0 Å². The molecule has 0 aliphatic heterocycles. The number of anilines is 1. The van der Waals surface area contributed by atoms with Gasteiger partial charge in [-0.2, -0.15) is 5.10 Å². The summed E-state index contributed by atoms with van der Waals surface area (Å²) in [6.45, 7) is 3.76. The van der Waals surface area contributed by atoms with Gasteiger partial charge in [0.15, 0.2) is 0 Å². The molecule has 1 aromatic heterocycles. The van der Waals surface area contributed by atoms with Crippen LogP contribution in [0.1, 0.15) is 23.9 Å². The van der Waals surface area contributed by atoms with Crippen molar-refractivity contribution in [2.24, 2.45) is 7.05 Å². The first-order valence-electron chi connectivity index (χ1n) is 6.33. The van der Waals surface area contributed by atoms with Crippen LogP contribution in [-0.4, -0.2) is 9.78 Å². The van der Waals surface area contributed by atoms with Gasteiger partial charge in [0.05, 0.1) is 28.6 Å². The number of nitrogens with zero attached hydrogens (tertiary/aromatic N) is 2. The summed E-state index contributed by atoms with van der Waals surface area (Å²) >= 11 is 6.20. The molecular weight excluding hydrogens is 284 g/mol. The Morgan fingerprint density at radius 3 is 2.60 bits per heavy atom. The van der Waals surface area contributed by atoms with Crippen molar-refractivity contribution >= 4 is 17.3 Å². The summed E-state index contributed by atoms with van der Waals surface area (Å²) in [5.41, 5.74) is 1.92. The number of aromatic nitrogens is 2. The molecule has 0 amide bonds. The molecule has 1 N–H and O–H groups in total. The monoisotopic (exact) mass is 299 g/mol. The zero-order valence-electron chi connectivity index (χ0n) is 11.6. The fourth-order valence-corrected chi connectivity index (χ4v) is 2.33. The minimum absolute atomic E-state index is 0.114. The van der Waals surface area contributed by atoms with Gasteiger partial charge in [-0.1, -0.05) is 18.5 Å². The van der Waals surface area contributed by atoms with E-state index in [9.17, 15) is 8.78 Å². The molecule has 0 radical (unpaired) electrons. The highest BCUT2D eigenvalue weighted by Crippen LogP contribution is 2.23. The Labute approximate surface area is 121 Å². The molecule has 0 fully saturated rings. The van der Waals surface area contributed by atoms with Gasteiger partial charge in [0.1, 0.15) is 11.6 Å². The lowest BCUT2D eigenvalue weighted by Gasteiger charge is -2.09. The molecule has 0 aliphatic rings. The molecule has 6 heteroatoms. The lowest BCUT2D eigenvalue weighted by molar-refractivity contribution is 0.594. The van der Waals surface area contributed by atoms with E-state index in [1.54, 1.807) is 11.7 Å². The fraction of sp³-hybridized carbons (Fsp3) is 0.357. The summed E-state index contributed by atoms with van der Waals surface area (Å²) in [5, 5.41) is 7.69. The first-order chi connectivity index (χ1) is 9.43. The van der Waals surface area contributed by atoms with Crippen LogP contribution in [0.3, 0.4) is 0 Å². The van der Waals surface area contributed by atoms with Crippen LogP contribution in [0.25, 0.3) is 0 Å². The second-order valence-corrected chi connectivity index (χ2v) is 5.00. The Balaban J connectivity index is 2.21. The van der Waals surface area contributed by atoms with Gasteiger partial charge in [-0.25, -0.2) is 8.78 Å². The molecule has 20 heavy (non-hydrogen) atoms. The summed E-state index contributed by atoms with van der Waals surface area (Å²) < 4.78 is 28.8. The lowest BCUT2D eigenvalue weighted by atomic mass is 10.2. The SMILES string of the molecule is CCc1nn(C)c(CNc2cc(F)c(C)cc2F)c1Cl. The molecule has 1 aromatic carbocycles. The quantitative estimate of drug-likeness (QED) is 0.930. The van der Waals surface area contributed by atoms with Crippen molar-refractivity contribution in [1.82, 2.24) is 9.78 Å². The topological polar surface area (TPSA) is 29.9 Å². The number of benzene rings is 1. The third-order valence-electron chi connectivity index (χ3n) is 3.20. The molecule has 1 heterocycles. The van der Waals surface area contributed by atoms with Crippen molar-refractivity contribution in [3.8, 4) is 0 Å². The van der Waals surface area contributed by atoms with Crippen LogP contribution in [0.2, 0.25) is 5.02 Å². The van der Waals surface area contributed by atoms with E-state index in [0.29, 0.717) is 5.02 Å². The van der Waals surface area contributed by atoms with E-state index in [2.05, 4.69) is 10.4 Å². The van der Waals surface area contributed by atoms with Gasteiger partial charge in [-0.3, -0.25) is 4.68 Å². The highest BCUT2D eigenvalue weighted by atomic mass is 35.5. The van der Waals surface area contributed by atoms with Crippen LogP contribution in [0.4, 0.5) is 14.5 Å². The lowest BCUT2D eigenvalue weighted by Crippen LogP contribution is -2.07. The highest BCUT2D eigenvalue weighted by molar-refractivity contribution is 6.31. The number of halogens is 3. The van der Waals surface area contributed by atoms with Gasteiger partial charge >= 0.3 is 0 Å². The molecule has 0 unspecified atom stereocenters. The van der Waals surface area contributed by atoms with Crippen molar-refractivity contribution < 1.29 is 8.78 Å². The Hall–Kier alpha value is -1.62. The van der Waals surface area contributed by atoms with Crippen molar-refractivity contribution in [2.75, 3.05) is 5.32 Å². The van der Waals surface area contributed by atoms with E-state index in [1.807, 2.05) is 6.92 Å². The van der Waals surface area contributed by atoms with Crippen LogP contribution >= 0.6 is 11.6 Å². The first-order valence-corrected chi connectivity index (χ1v) is 6.71. The minimum atomic E-state index is -0.488. The molecule has 0 spiro atoms. The zero-order chi connectivity index (χ0) is 14.9. The van der Waals surface area contributed by atoms with E-state index in [0.717, 1.165) is 23.9 Å². The standard InChI is InChI=1S/C14H16ClF2N3/c1-4-11-14(15)13(20(3)19-11)7-18-12-6-9(16)8(2)5-10(12)17/h5-6,18H,4,7H2,1-3H3. The van der Waals surface area contributed by atoms with Crippen LogP contribution < -0.4 is 5.32 Å². The Morgan fingerprint density at radius 1 is 1.30 bits per heavy atom. The van der Waals surface area contributed by atoms with Crippen LogP contribution in [0.5, 0.6) is 0 Å². The summed E-state index contributed by atoms with van der Waals surface area (Å²) in [6.07, 6.45) is 0.722. The first kappa shape index (κ1) is 14.8. The second-order valence-electron chi connectivity index (χ2n) is 4.62. The molecular formula is C14H16ClF2N3. The number of hydrogen-bond donors (Lipinski definition) is 1. The molecule has 3 nitrogen and oxygen atoms in total. The average Bonchev–Trinajstić information content (AvgIpc) is 2.67. The minimum Gasteiger partial charge on any atom is -0.377 e. The smallest absolute Gasteiger partial charge is 0.146 e. The van der Waals surface area contributed by atoms with Crippen molar-refractivity contribution in [1.29, 1.82) is 0 Å². The summed E-state index contributed by atoms with van der Waals surface area (Å²) in [7, 11) is 1.77. The van der Waals surface area contributed by atoms with E-state index < -0.39 is 11.6 Å². The van der Waals surface area contributed by atoms with Crippen LogP contribution in [-0.2, 0) is 20.0 Å². The third-order valence-corrected chi connectivity index (χ3v) is 3.63. The molecule has 0 saturated carbocycles. The average molecular weight is 300 g/mol. The maximum absolute atomic E-state index is 13.7. The molecule has 0 saturated heterocycles. The summed E-state index contributed by atoms with van der Waals surface area (Å²) in [4.78, 5) is 0. The normalized spacial score (nSPS) is 10.9. The number of aryl methyl sites for hydroxylation is 3. The highest BCUT2D eigenvalue weighted by Gasteiger charge is 2.14. The van der Waals surface area contributed by atoms with E-state index in [-0.39, 0.29) is 17.8 Å². The number of nitrogens with one attached hydrogen (secondary N) is 1. The molecule has 2 rings (SSSR count). The van der Waals surface area contributed by atoms with Crippen LogP contribution in [0.15, 0.2) is 12.1 Å². The largest absolute Gasteiger partial charge is 0.377 e. The third kappa shape index (κ3) is 2.77. The predicted molar refractivity (Wildman–Crippen MR) is 76.0 cm³/mol. The van der Waals surface area contributed by atoms with E-state index >= 15 is 0 Å². The van der Waals surface area contributed by atoms with Gasteiger partial charge in [-0.15, -0.1) is 0 Å². The molecule has 0 atom stereocenters. The second kappa shape index (κ2) is 5.79. The fourth-order valence-electron chi connectivity index (χ4n) is 1.97. The Bertz CT molecular complexity index is 638. The van der Waals surface area contributed by atoms with Crippen molar-refractivity contribution in [3.05, 3.63) is 45.7 Å². The molecule has 108 valence electrons. The summed E-state index contributed by atoms with van der Waals surface area (Å²) in [5.74, 6) is -0.933. The Morgan fingerprint density at radius 2 is 2.00 bits per heavy atom. The van der Waals surface area contributed by atoms with Gasteiger partial charge in [0.2, 0.25) is 0 Å². The van der Waals surface area contributed by atoms with Crippen LogP contribution in [0, 0.1) is 18.6 Å². The van der Waals surface area contributed by atoms with E-state index in [4.69, 9.17) is 11.6 Å². The van der Waals surface area contributed by atoms with Gasteiger partial charge in [0, 0.05) is 13.1 Å². The Kier molecular flexibility index (Phi) is 4.28. The zero-order valence-corrected chi connectivity index (χ0v) is 12.4. The number of rotatable bonds is 4. The maximum Gasteiger partial charge on any atom is 0.146 e. The van der Waals surface area contributed by atoms with Gasteiger partial charge < -0.3 is 5.32 Å². The van der Waals surface area contributed by atoms with Gasteiger partial charge in [-0.05, 0) is 25.0 Å². The molecule has 0 aliphatic carbocycles. The predicted octanol–water partition coefficient (Wildman–Crippen LogP) is 3.83.